The Balaban J connectivity index is 1.49. The molecule has 1 saturated heterocycles. The summed E-state index contributed by atoms with van der Waals surface area (Å²) in [4.78, 5) is 28.7. The first-order chi connectivity index (χ1) is 21.4. The molecule has 2 N–H and O–H groups in total. The number of hydrogen-bond acceptors (Lipinski definition) is 6. The number of hydrogen-bond donors (Lipinski definition) is 2. The molecule has 3 aromatic rings. The first-order valence-electron chi connectivity index (χ1n) is 13.9. The van der Waals surface area contributed by atoms with Crippen LogP contribution in [0.1, 0.15) is 66.1 Å². The molecule has 240 valence electrons. The molecule has 0 bridgehead atoms. The van der Waals surface area contributed by atoms with Crippen molar-refractivity contribution in [1.82, 2.24) is 14.8 Å². The molecule has 5 rings (SSSR count). The van der Waals surface area contributed by atoms with Gasteiger partial charge in [-0.05, 0) is 55.0 Å². The van der Waals surface area contributed by atoms with Gasteiger partial charge in [-0.15, -0.1) is 0 Å². The van der Waals surface area contributed by atoms with Crippen LogP contribution >= 0.6 is 0 Å². The molecule has 2 amide bonds. The zero-order valence-corrected chi connectivity index (χ0v) is 24.2. The Hall–Kier alpha value is -4.02. The maximum atomic E-state index is 15.4. The Kier molecular flexibility index (Phi) is 9.19. The molecule has 1 saturated carbocycles. The van der Waals surface area contributed by atoms with Gasteiger partial charge in [-0.1, -0.05) is 25.3 Å². The van der Waals surface area contributed by atoms with Crippen molar-refractivity contribution in [3.63, 3.8) is 0 Å². The van der Waals surface area contributed by atoms with E-state index in [1.807, 2.05) is 6.07 Å². The molecular formula is C29H26F6N4O5S. The van der Waals surface area contributed by atoms with Gasteiger partial charge in [0.25, 0.3) is 5.91 Å². The number of rotatable bonds is 8. The standard InChI is InChI=1S/C29H26F6N4O5S/c30-19-12-16(28(40)37-42)7-9-20(19)38(14-18-8-6-17(13-36-18)15-4-2-1-3-5-15)29(41)21-10-11-39(21)45(43,44)27-25(34)23(32)22(31)24(33)26(27)35/h6-9,12-13,15,21,42H,1-5,10-11,14H2,(H,37,40)/t21-/m1/s1. The summed E-state index contributed by atoms with van der Waals surface area (Å²) in [6.45, 7) is -0.933. The quantitative estimate of drug-likeness (QED) is 0.115. The number of aromatic nitrogens is 1. The van der Waals surface area contributed by atoms with E-state index in [4.69, 9.17) is 5.21 Å². The fraction of sp³-hybridized carbons (Fsp3) is 0.345. The number of halogens is 6. The Morgan fingerprint density at radius 1 is 0.911 bits per heavy atom. The number of carbonyl (C=O) groups is 2. The van der Waals surface area contributed by atoms with Gasteiger partial charge in [0.05, 0.1) is 17.9 Å². The number of nitrogens with zero attached hydrogens (tertiary/aromatic N) is 3. The highest BCUT2D eigenvalue weighted by molar-refractivity contribution is 7.89. The van der Waals surface area contributed by atoms with Gasteiger partial charge in [0.15, 0.2) is 28.2 Å². The summed E-state index contributed by atoms with van der Waals surface area (Å²) < 4.78 is 112. The van der Waals surface area contributed by atoms with Gasteiger partial charge < -0.3 is 4.90 Å². The second kappa shape index (κ2) is 12.8. The van der Waals surface area contributed by atoms with Gasteiger partial charge in [0, 0.05) is 18.3 Å². The van der Waals surface area contributed by atoms with Crippen LogP contribution in [0.25, 0.3) is 0 Å². The van der Waals surface area contributed by atoms with Crippen molar-refractivity contribution < 1.29 is 49.6 Å². The molecule has 16 heteroatoms. The van der Waals surface area contributed by atoms with Gasteiger partial charge in [0.1, 0.15) is 11.9 Å². The molecule has 1 aliphatic carbocycles. The first kappa shape index (κ1) is 32.4. The second-order valence-electron chi connectivity index (χ2n) is 10.8. The fourth-order valence-electron chi connectivity index (χ4n) is 5.59. The van der Waals surface area contributed by atoms with Gasteiger partial charge in [-0.2, -0.15) is 4.31 Å². The van der Waals surface area contributed by atoms with Crippen LogP contribution in [0.2, 0.25) is 0 Å². The predicted octanol–water partition coefficient (Wildman–Crippen LogP) is 5.08. The Morgan fingerprint density at radius 3 is 2.09 bits per heavy atom. The third kappa shape index (κ3) is 6.01. The summed E-state index contributed by atoms with van der Waals surface area (Å²) in [6.07, 6.45) is 6.65. The molecule has 2 aromatic carbocycles. The molecule has 1 aliphatic heterocycles. The molecule has 1 atom stereocenters. The van der Waals surface area contributed by atoms with Crippen LogP contribution in [-0.2, 0) is 21.4 Å². The zero-order chi connectivity index (χ0) is 32.6. The highest BCUT2D eigenvalue weighted by atomic mass is 32.2. The summed E-state index contributed by atoms with van der Waals surface area (Å²) in [5.41, 5.74) is 1.81. The van der Waals surface area contributed by atoms with Crippen molar-refractivity contribution in [3.05, 3.63) is 88.3 Å². The summed E-state index contributed by atoms with van der Waals surface area (Å²) >= 11 is 0. The van der Waals surface area contributed by atoms with E-state index in [-0.39, 0.29) is 22.0 Å². The van der Waals surface area contributed by atoms with E-state index in [1.165, 1.54) is 5.48 Å². The highest BCUT2D eigenvalue weighted by Gasteiger charge is 2.48. The fourth-order valence-corrected chi connectivity index (χ4v) is 7.33. The van der Waals surface area contributed by atoms with Crippen molar-refractivity contribution in [2.75, 3.05) is 11.4 Å². The lowest BCUT2D eigenvalue weighted by Crippen LogP contribution is -2.59. The highest BCUT2D eigenvalue weighted by Crippen LogP contribution is 2.36. The minimum Gasteiger partial charge on any atom is -0.302 e. The molecule has 0 spiro atoms. The van der Waals surface area contributed by atoms with Crippen LogP contribution in [0, 0.1) is 34.9 Å². The van der Waals surface area contributed by atoms with E-state index in [1.54, 1.807) is 12.3 Å². The molecule has 1 aromatic heterocycles. The van der Waals surface area contributed by atoms with Crippen LogP contribution in [0.3, 0.4) is 0 Å². The topological polar surface area (TPSA) is 120 Å². The molecule has 2 fully saturated rings. The molecule has 9 nitrogen and oxygen atoms in total. The lowest BCUT2D eigenvalue weighted by atomic mass is 9.85. The minimum atomic E-state index is -5.46. The summed E-state index contributed by atoms with van der Waals surface area (Å²) in [5, 5.41) is 8.88. The van der Waals surface area contributed by atoms with Crippen molar-refractivity contribution in [2.24, 2.45) is 0 Å². The number of sulfonamides is 1. The summed E-state index contributed by atoms with van der Waals surface area (Å²) in [5.74, 6) is -15.7. The lowest BCUT2D eigenvalue weighted by Gasteiger charge is -2.41. The van der Waals surface area contributed by atoms with E-state index in [0.717, 1.165) is 54.7 Å². The third-order valence-corrected chi connectivity index (χ3v) is 10.0. The maximum absolute atomic E-state index is 15.4. The summed E-state index contributed by atoms with van der Waals surface area (Å²) in [7, 11) is -5.46. The number of carbonyl (C=O) groups excluding carboxylic acids is 2. The Morgan fingerprint density at radius 2 is 1.56 bits per heavy atom. The maximum Gasteiger partial charge on any atom is 0.274 e. The van der Waals surface area contributed by atoms with Crippen molar-refractivity contribution in [3.8, 4) is 0 Å². The molecule has 2 aliphatic rings. The average molecular weight is 657 g/mol. The van der Waals surface area contributed by atoms with Crippen molar-refractivity contribution in [2.45, 2.75) is 61.9 Å². The number of pyridine rings is 1. The van der Waals surface area contributed by atoms with Crippen LogP contribution in [0.4, 0.5) is 32.0 Å². The number of benzene rings is 2. The first-order valence-corrected chi connectivity index (χ1v) is 15.3. The number of hydroxylamine groups is 1. The van der Waals surface area contributed by atoms with Gasteiger partial charge in [-0.3, -0.25) is 19.8 Å². The molecule has 2 heterocycles. The average Bonchev–Trinajstić information content (AvgIpc) is 3.01. The summed E-state index contributed by atoms with van der Waals surface area (Å²) in [6, 6.07) is 4.52. The molecular weight excluding hydrogens is 630 g/mol. The van der Waals surface area contributed by atoms with Gasteiger partial charge >= 0.3 is 0 Å². The van der Waals surface area contributed by atoms with E-state index in [2.05, 4.69) is 4.98 Å². The van der Waals surface area contributed by atoms with E-state index in [0.29, 0.717) is 12.0 Å². The number of amides is 2. The van der Waals surface area contributed by atoms with Crippen LogP contribution in [0.15, 0.2) is 41.4 Å². The largest absolute Gasteiger partial charge is 0.302 e. The Labute approximate surface area is 253 Å². The van der Waals surface area contributed by atoms with Gasteiger partial charge in [-0.25, -0.2) is 40.2 Å². The third-order valence-electron chi connectivity index (χ3n) is 8.10. The van der Waals surface area contributed by atoms with E-state index >= 15 is 4.39 Å². The van der Waals surface area contributed by atoms with Crippen LogP contribution < -0.4 is 10.4 Å². The molecule has 0 radical (unpaired) electrons. The Bertz CT molecular complexity index is 1720. The predicted molar refractivity (Wildman–Crippen MR) is 145 cm³/mol. The lowest BCUT2D eigenvalue weighted by molar-refractivity contribution is -0.125. The number of nitrogens with one attached hydrogen (secondary N) is 1. The molecule has 45 heavy (non-hydrogen) atoms. The molecule has 0 unspecified atom stereocenters. The smallest absolute Gasteiger partial charge is 0.274 e. The van der Waals surface area contributed by atoms with Gasteiger partial charge in [0.2, 0.25) is 21.7 Å². The SMILES string of the molecule is O=C(NO)c1ccc(N(Cc2ccc(C3CCCCC3)cn2)C(=O)[C@H]2CCN2S(=O)(=O)c2c(F)c(F)c(F)c(F)c2F)c(F)c1. The van der Waals surface area contributed by atoms with Crippen molar-refractivity contribution in [1.29, 1.82) is 0 Å². The second-order valence-corrected chi connectivity index (χ2v) is 12.6. The zero-order valence-electron chi connectivity index (χ0n) is 23.4. The van der Waals surface area contributed by atoms with Crippen LogP contribution in [0.5, 0.6) is 0 Å². The minimum absolute atomic E-state index is 0.232. The monoisotopic (exact) mass is 656 g/mol. The van der Waals surface area contributed by atoms with Crippen LogP contribution in [-0.4, -0.2) is 47.3 Å². The van der Waals surface area contributed by atoms with Crippen molar-refractivity contribution >= 4 is 27.5 Å². The van der Waals surface area contributed by atoms with E-state index < -0.39 is 86.5 Å². The van der Waals surface area contributed by atoms with E-state index in [9.17, 15) is 40.0 Å². The normalized spacial score (nSPS) is 17.5. The number of anilines is 1.